The van der Waals surface area contributed by atoms with Crippen molar-refractivity contribution >= 4 is 17.3 Å². The van der Waals surface area contributed by atoms with E-state index in [1.807, 2.05) is 6.92 Å². The summed E-state index contributed by atoms with van der Waals surface area (Å²) >= 11 is 0. The highest BCUT2D eigenvalue weighted by atomic mass is 16.6. The van der Waals surface area contributed by atoms with Crippen LogP contribution in [0.15, 0.2) is 18.2 Å². The van der Waals surface area contributed by atoms with E-state index < -0.39 is 10.8 Å². The molecule has 0 aliphatic carbocycles. The Kier molecular flexibility index (Phi) is 4.45. The minimum Gasteiger partial charge on any atom is -0.385 e. The summed E-state index contributed by atoms with van der Waals surface area (Å²) in [5.41, 5.74) is 0.584. The molecule has 6 nitrogen and oxygen atoms in total. The van der Waals surface area contributed by atoms with Crippen LogP contribution in [0.2, 0.25) is 0 Å². The number of benzene rings is 1. The molecule has 0 spiro atoms. The fraction of sp³-hybridized carbons (Fsp3) is 0.364. The number of hydrogen-bond donors (Lipinski definition) is 2. The van der Waals surface area contributed by atoms with Crippen LogP contribution < -0.4 is 10.6 Å². The number of hydrogen-bond acceptors (Lipinski definition) is 4. The van der Waals surface area contributed by atoms with Crippen molar-refractivity contribution in [1.82, 2.24) is 5.32 Å². The number of rotatable bonds is 5. The Hall–Kier alpha value is -2.11. The highest BCUT2D eigenvalue weighted by molar-refractivity contribution is 5.98. The maximum atomic E-state index is 11.5. The molecule has 0 saturated carbocycles. The fourth-order valence-corrected chi connectivity index (χ4v) is 1.39. The molecule has 0 fully saturated rings. The molecule has 0 saturated heterocycles. The van der Waals surface area contributed by atoms with Crippen LogP contribution in [0.4, 0.5) is 11.4 Å². The number of nitrogens with zero attached hydrogens (tertiary/aromatic N) is 1. The number of nitrogens with one attached hydrogen (secondary N) is 2. The van der Waals surface area contributed by atoms with E-state index in [4.69, 9.17) is 0 Å². The zero-order valence-corrected chi connectivity index (χ0v) is 9.82. The fourth-order valence-electron chi connectivity index (χ4n) is 1.39. The summed E-state index contributed by atoms with van der Waals surface area (Å²) in [4.78, 5) is 21.7. The average Bonchev–Trinajstić information content (AvgIpc) is 2.34. The van der Waals surface area contributed by atoms with Crippen molar-refractivity contribution in [2.75, 3.05) is 18.9 Å². The molecule has 1 amide bonds. The van der Waals surface area contributed by atoms with Crippen LogP contribution in [0.1, 0.15) is 23.7 Å². The highest BCUT2D eigenvalue weighted by Gasteiger charge is 2.19. The zero-order chi connectivity index (χ0) is 12.8. The minimum atomic E-state index is -0.561. The standard InChI is InChI=1S/C11H15N3O3/c1-3-6-13-8-4-5-10(14(16)17)9(7-8)11(15)12-2/h4-5,7,13H,3,6H2,1-2H3,(H,12,15). The van der Waals surface area contributed by atoms with Gasteiger partial charge in [0, 0.05) is 25.3 Å². The van der Waals surface area contributed by atoms with Gasteiger partial charge in [-0.05, 0) is 18.6 Å². The van der Waals surface area contributed by atoms with Crippen LogP contribution in [-0.2, 0) is 0 Å². The lowest BCUT2D eigenvalue weighted by Crippen LogP contribution is -2.19. The molecule has 6 heteroatoms. The molecule has 0 aromatic heterocycles. The Morgan fingerprint density at radius 3 is 2.71 bits per heavy atom. The van der Waals surface area contributed by atoms with Crippen LogP contribution in [0.5, 0.6) is 0 Å². The quantitative estimate of drug-likeness (QED) is 0.603. The number of nitro groups is 1. The second-order valence-corrected chi connectivity index (χ2v) is 3.49. The molecule has 0 atom stereocenters. The predicted molar refractivity (Wildman–Crippen MR) is 65.3 cm³/mol. The minimum absolute atomic E-state index is 0.0682. The molecule has 1 aromatic rings. The number of amides is 1. The van der Waals surface area contributed by atoms with Gasteiger partial charge in [0.05, 0.1) is 4.92 Å². The van der Waals surface area contributed by atoms with E-state index in [-0.39, 0.29) is 11.3 Å². The van der Waals surface area contributed by atoms with E-state index in [1.54, 1.807) is 6.07 Å². The van der Waals surface area contributed by atoms with Gasteiger partial charge in [0.1, 0.15) is 5.56 Å². The van der Waals surface area contributed by atoms with Gasteiger partial charge in [-0.15, -0.1) is 0 Å². The average molecular weight is 237 g/mol. The van der Waals surface area contributed by atoms with Crippen molar-refractivity contribution in [3.05, 3.63) is 33.9 Å². The van der Waals surface area contributed by atoms with Crippen molar-refractivity contribution in [2.24, 2.45) is 0 Å². The topological polar surface area (TPSA) is 84.3 Å². The SMILES string of the molecule is CCCNc1ccc([N+](=O)[O-])c(C(=O)NC)c1. The smallest absolute Gasteiger partial charge is 0.282 e. The summed E-state index contributed by atoms with van der Waals surface area (Å²) in [6, 6.07) is 4.43. The van der Waals surface area contributed by atoms with Gasteiger partial charge < -0.3 is 10.6 Å². The summed E-state index contributed by atoms with van der Waals surface area (Å²) in [6.45, 7) is 2.77. The molecule has 0 bridgehead atoms. The molecule has 1 rings (SSSR count). The van der Waals surface area contributed by atoms with Crippen molar-refractivity contribution < 1.29 is 9.72 Å². The first-order chi connectivity index (χ1) is 8.10. The first-order valence-corrected chi connectivity index (χ1v) is 5.34. The molecule has 1 aromatic carbocycles. The number of anilines is 1. The molecule has 0 radical (unpaired) electrons. The van der Waals surface area contributed by atoms with Gasteiger partial charge in [0.15, 0.2) is 0 Å². The monoisotopic (exact) mass is 237 g/mol. The molecule has 0 heterocycles. The first-order valence-electron chi connectivity index (χ1n) is 5.34. The number of carbonyl (C=O) groups is 1. The molecule has 0 aliphatic heterocycles. The van der Waals surface area contributed by atoms with Crippen LogP contribution in [-0.4, -0.2) is 24.4 Å². The third-order valence-electron chi connectivity index (χ3n) is 2.24. The predicted octanol–water partition coefficient (Wildman–Crippen LogP) is 1.78. The Morgan fingerprint density at radius 1 is 1.47 bits per heavy atom. The van der Waals surface area contributed by atoms with Gasteiger partial charge >= 0.3 is 0 Å². The summed E-state index contributed by atoms with van der Waals surface area (Å²) in [5, 5.41) is 16.2. The van der Waals surface area contributed by atoms with Gasteiger partial charge in [-0.2, -0.15) is 0 Å². The third-order valence-corrected chi connectivity index (χ3v) is 2.24. The first kappa shape index (κ1) is 13.0. The van der Waals surface area contributed by atoms with Crippen molar-refractivity contribution in [1.29, 1.82) is 0 Å². The van der Waals surface area contributed by atoms with Gasteiger partial charge in [0.2, 0.25) is 0 Å². The van der Waals surface area contributed by atoms with Crippen LogP contribution in [0.25, 0.3) is 0 Å². The van der Waals surface area contributed by atoms with Crippen LogP contribution in [0, 0.1) is 10.1 Å². The highest BCUT2D eigenvalue weighted by Crippen LogP contribution is 2.22. The van der Waals surface area contributed by atoms with E-state index in [0.29, 0.717) is 5.69 Å². The lowest BCUT2D eigenvalue weighted by molar-refractivity contribution is -0.385. The van der Waals surface area contributed by atoms with Crippen molar-refractivity contribution in [2.45, 2.75) is 13.3 Å². The van der Waals surface area contributed by atoms with E-state index in [2.05, 4.69) is 10.6 Å². The van der Waals surface area contributed by atoms with Gasteiger partial charge in [-0.1, -0.05) is 6.92 Å². The van der Waals surface area contributed by atoms with Crippen molar-refractivity contribution in [3.63, 3.8) is 0 Å². The Bertz CT molecular complexity index is 432. The second-order valence-electron chi connectivity index (χ2n) is 3.49. The summed E-state index contributed by atoms with van der Waals surface area (Å²) in [5.74, 6) is -0.461. The Labute approximate surface area is 99.2 Å². The molecule has 17 heavy (non-hydrogen) atoms. The van der Waals surface area contributed by atoms with Gasteiger partial charge in [0.25, 0.3) is 11.6 Å². The Balaban J connectivity index is 3.10. The number of nitro benzene ring substituents is 1. The normalized spacial score (nSPS) is 9.76. The van der Waals surface area contributed by atoms with E-state index in [1.165, 1.54) is 19.2 Å². The Morgan fingerprint density at radius 2 is 2.18 bits per heavy atom. The van der Waals surface area contributed by atoms with E-state index in [9.17, 15) is 14.9 Å². The maximum Gasteiger partial charge on any atom is 0.282 e. The number of carbonyl (C=O) groups excluding carboxylic acids is 1. The van der Waals surface area contributed by atoms with Gasteiger partial charge in [-0.25, -0.2) is 0 Å². The zero-order valence-electron chi connectivity index (χ0n) is 9.82. The van der Waals surface area contributed by atoms with Crippen LogP contribution in [0.3, 0.4) is 0 Å². The summed E-state index contributed by atoms with van der Waals surface area (Å²) in [6.07, 6.45) is 0.937. The lowest BCUT2D eigenvalue weighted by atomic mass is 10.1. The molecule has 92 valence electrons. The lowest BCUT2D eigenvalue weighted by Gasteiger charge is -2.07. The largest absolute Gasteiger partial charge is 0.385 e. The summed E-state index contributed by atoms with van der Waals surface area (Å²) < 4.78 is 0. The van der Waals surface area contributed by atoms with E-state index >= 15 is 0 Å². The summed E-state index contributed by atoms with van der Waals surface area (Å²) in [7, 11) is 1.44. The molecular formula is C11H15N3O3. The molecule has 0 aliphatic rings. The van der Waals surface area contributed by atoms with Gasteiger partial charge in [-0.3, -0.25) is 14.9 Å². The third kappa shape index (κ3) is 3.17. The maximum absolute atomic E-state index is 11.5. The molecule has 0 unspecified atom stereocenters. The van der Waals surface area contributed by atoms with Crippen molar-refractivity contribution in [3.8, 4) is 0 Å². The molecule has 2 N–H and O–H groups in total. The second kappa shape index (κ2) is 5.83. The van der Waals surface area contributed by atoms with E-state index in [0.717, 1.165) is 13.0 Å². The molecular weight excluding hydrogens is 222 g/mol. The van der Waals surface area contributed by atoms with Crippen LogP contribution >= 0.6 is 0 Å².